The summed E-state index contributed by atoms with van der Waals surface area (Å²) in [5.41, 5.74) is 9.84. The van der Waals surface area contributed by atoms with Crippen molar-refractivity contribution in [2.75, 3.05) is 5.43 Å². The number of nitrogens with two attached hydrogens (primary N) is 1. The number of halogens is 1. The summed E-state index contributed by atoms with van der Waals surface area (Å²) in [7, 11) is 0. The zero-order valence-corrected chi connectivity index (χ0v) is 11.9. The third-order valence-electron chi connectivity index (χ3n) is 2.58. The maximum atomic E-state index is 8.83. The summed E-state index contributed by atoms with van der Waals surface area (Å²) in [6.07, 6.45) is 3.51. The lowest BCUT2D eigenvalue weighted by Gasteiger charge is -2.10. The average molecular weight is 302 g/mol. The van der Waals surface area contributed by atoms with Gasteiger partial charge >= 0.3 is 0 Å². The molecule has 0 radical (unpaired) electrons. The minimum Gasteiger partial charge on any atom is -0.382 e. The minimum absolute atomic E-state index is 0.211. The summed E-state index contributed by atoms with van der Waals surface area (Å²) < 4.78 is 1.61. The number of hydrogen-bond donors (Lipinski definition) is 3. The van der Waals surface area contributed by atoms with Gasteiger partial charge in [-0.2, -0.15) is 15.5 Å². The molecule has 1 aromatic carbocycles. The highest BCUT2D eigenvalue weighted by Crippen LogP contribution is 2.28. The lowest BCUT2D eigenvalue weighted by atomic mass is 10.2. The maximum absolute atomic E-state index is 8.83. The molecule has 0 fully saturated rings. The van der Waals surface area contributed by atoms with Gasteiger partial charge in [-0.05, 0) is 24.6 Å². The number of hydrazone groups is 1. The predicted molar refractivity (Wildman–Crippen MR) is 81.9 cm³/mol. The van der Waals surface area contributed by atoms with Crippen molar-refractivity contribution >= 4 is 28.8 Å². The Morgan fingerprint density at radius 2 is 2.33 bits per heavy atom. The molecule has 0 saturated heterocycles. The molecular weight excluding hydrogens is 290 g/mol. The number of rotatable bonds is 4. The Morgan fingerprint density at radius 3 is 2.90 bits per heavy atom. The molecule has 0 atom stereocenters. The van der Waals surface area contributed by atoms with Gasteiger partial charge in [-0.3, -0.25) is 10.8 Å². The Balaban J connectivity index is 2.44. The number of aromatic nitrogens is 2. The number of nitrogens with one attached hydrogen (secondary N) is 2. The van der Waals surface area contributed by atoms with Gasteiger partial charge in [-0.1, -0.05) is 17.7 Å². The number of nitriles is 1. The largest absolute Gasteiger partial charge is 0.382 e. The van der Waals surface area contributed by atoms with Gasteiger partial charge in [0, 0.05) is 6.20 Å². The minimum atomic E-state index is -0.413. The fourth-order valence-corrected chi connectivity index (χ4v) is 1.90. The standard InChI is InChI=1S/C13H12ClN7/c1-8-6-18-21(7-8)12-9(14)3-2-4-10(12)19-20-11(5-15)13(16)17/h2-4,6-7,19H,1H3,(H3,16,17)/b20-11+. The van der Waals surface area contributed by atoms with Crippen LogP contribution in [-0.4, -0.2) is 21.3 Å². The highest BCUT2D eigenvalue weighted by molar-refractivity contribution is 6.45. The molecule has 0 saturated carbocycles. The molecule has 2 aromatic rings. The van der Waals surface area contributed by atoms with Gasteiger partial charge in [0.25, 0.3) is 0 Å². The Hall–Kier alpha value is -2.85. The van der Waals surface area contributed by atoms with Crippen LogP contribution < -0.4 is 11.2 Å². The van der Waals surface area contributed by atoms with Gasteiger partial charge in [0.2, 0.25) is 5.71 Å². The first-order valence-electron chi connectivity index (χ1n) is 5.91. The molecule has 0 aliphatic carbocycles. The Bertz CT molecular complexity index is 754. The van der Waals surface area contributed by atoms with E-state index in [0.717, 1.165) is 5.56 Å². The average Bonchev–Trinajstić information content (AvgIpc) is 2.85. The topological polar surface area (TPSA) is 116 Å². The van der Waals surface area contributed by atoms with Crippen LogP contribution in [0.1, 0.15) is 5.56 Å². The molecule has 1 heterocycles. The summed E-state index contributed by atoms with van der Waals surface area (Å²) in [4.78, 5) is 0. The van der Waals surface area contributed by atoms with E-state index in [0.29, 0.717) is 16.4 Å². The van der Waals surface area contributed by atoms with E-state index in [9.17, 15) is 0 Å². The molecule has 106 valence electrons. The van der Waals surface area contributed by atoms with Gasteiger partial charge < -0.3 is 5.73 Å². The predicted octanol–water partition coefficient (Wildman–Crippen LogP) is 2.06. The van der Waals surface area contributed by atoms with E-state index in [1.165, 1.54) is 0 Å². The van der Waals surface area contributed by atoms with Crippen LogP contribution in [0.3, 0.4) is 0 Å². The Morgan fingerprint density at radius 1 is 1.57 bits per heavy atom. The maximum Gasteiger partial charge on any atom is 0.201 e. The Labute approximate surface area is 126 Å². The first-order valence-corrected chi connectivity index (χ1v) is 6.29. The molecule has 1 aromatic heterocycles. The third kappa shape index (κ3) is 3.19. The van der Waals surface area contributed by atoms with E-state index in [4.69, 9.17) is 28.0 Å². The van der Waals surface area contributed by atoms with E-state index in [-0.39, 0.29) is 5.71 Å². The van der Waals surface area contributed by atoms with Crippen molar-refractivity contribution in [3.8, 4) is 11.8 Å². The molecule has 0 amide bonds. The lowest BCUT2D eigenvalue weighted by molar-refractivity contribution is 0.880. The highest BCUT2D eigenvalue weighted by atomic mass is 35.5. The summed E-state index contributed by atoms with van der Waals surface area (Å²) in [6.45, 7) is 1.91. The number of amidine groups is 1. The van der Waals surface area contributed by atoms with Gasteiger partial charge in [0.05, 0.1) is 16.9 Å². The fourth-order valence-electron chi connectivity index (χ4n) is 1.64. The van der Waals surface area contributed by atoms with Crippen LogP contribution in [0, 0.1) is 23.7 Å². The molecule has 8 heteroatoms. The van der Waals surface area contributed by atoms with Crippen molar-refractivity contribution in [1.29, 1.82) is 10.7 Å². The van der Waals surface area contributed by atoms with Crippen LogP contribution in [0.25, 0.3) is 5.69 Å². The second-order valence-electron chi connectivity index (χ2n) is 4.20. The summed E-state index contributed by atoms with van der Waals surface area (Å²) in [6, 6.07) is 6.92. The van der Waals surface area contributed by atoms with E-state index >= 15 is 0 Å². The van der Waals surface area contributed by atoms with Crippen LogP contribution in [0.15, 0.2) is 35.7 Å². The normalized spacial score (nSPS) is 11.0. The molecule has 21 heavy (non-hydrogen) atoms. The van der Waals surface area contributed by atoms with Crippen molar-refractivity contribution in [3.63, 3.8) is 0 Å². The molecule has 0 spiro atoms. The van der Waals surface area contributed by atoms with Gasteiger partial charge in [-0.25, -0.2) is 4.68 Å². The second-order valence-corrected chi connectivity index (χ2v) is 4.60. The van der Waals surface area contributed by atoms with E-state index < -0.39 is 5.84 Å². The SMILES string of the molecule is Cc1cnn(-c2c(Cl)cccc2N/N=C(\C#N)C(=N)N)c1. The summed E-state index contributed by atoms with van der Waals surface area (Å²) in [5, 5.41) is 24.5. The first kappa shape index (κ1) is 14.6. The van der Waals surface area contributed by atoms with E-state index in [1.807, 2.05) is 13.1 Å². The van der Waals surface area contributed by atoms with Crippen molar-refractivity contribution in [2.24, 2.45) is 10.8 Å². The van der Waals surface area contributed by atoms with Crippen molar-refractivity contribution in [1.82, 2.24) is 9.78 Å². The van der Waals surface area contributed by atoms with E-state index in [1.54, 1.807) is 35.1 Å². The van der Waals surface area contributed by atoms with Crippen LogP contribution in [0.5, 0.6) is 0 Å². The third-order valence-corrected chi connectivity index (χ3v) is 2.88. The van der Waals surface area contributed by atoms with Gasteiger partial charge in [0.1, 0.15) is 11.8 Å². The quantitative estimate of drug-likeness (QED) is 0.455. The lowest BCUT2D eigenvalue weighted by Crippen LogP contribution is -2.22. The molecule has 0 aliphatic heterocycles. The summed E-state index contributed by atoms with van der Waals surface area (Å²) >= 11 is 6.20. The molecular formula is C13H12ClN7. The van der Waals surface area contributed by atoms with E-state index in [2.05, 4.69) is 15.6 Å². The molecule has 2 rings (SSSR count). The number of aryl methyl sites for hydroxylation is 1. The molecule has 0 bridgehead atoms. The molecule has 0 aliphatic rings. The number of nitrogens with zero attached hydrogens (tertiary/aromatic N) is 4. The van der Waals surface area contributed by atoms with Crippen LogP contribution in [0.2, 0.25) is 5.02 Å². The highest BCUT2D eigenvalue weighted by Gasteiger charge is 2.10. The zero-order chi connectivity index (χ0) is 15.4. The van der Waals surface area contributed by atoms with Gasteiger partial charge in [0.15, 0.2) is 5.84 Å². The number of anilines is 1. The Kier molecular flexibility index (Phi) is 4.21. The van der Waals surface area contributed by atoms with Crippen LogP contribution in [-0.2, 0) is 0 Å². The number of hydrogen-bond acceptors (Lipinski definition) is 5. The van der Waals surface area contributed by atoms with Crippen molar-refractivity contribution in [3.05, 3.63) is 41.2 Å². The number of benzene rings is 1. The summed E-state index contributed by atoms with van der Waals surface area (Å²) in [5.74, 6) is -0.413. The zero-order valence-electron chi connectivity index (χ0n) is 11.1. The van der Waals surface area contributed by atoms with Crippen molar-refractivity contribution in [2.45, 2.75) is 6.92 Å². The van der Waals surface area contributed by atoms with Crippen LogP contribution in [0.4, 0.5) is 5.69 Å². The van der Waals surface area contributed by atoms with Crippen LogP contribution >= 0.6 is 11.6 Å². The second kappa shape index (κ2) is 6.07. The first-order chi connectivity index (χ1) is 10.0. The smallest absolute Gasteiger partial charge is 0.201 e. The van der Waals surface area contributed by atoms with Crippen molar-refractivity contribution < 1.29 is 0 Å². The monoisotopic (exact) mass is 301 g/mol. The number of para-hydroxylation sites is 1. The fraction of sp³-hybridized carbons (Fsp3) is 0.0769. The molecule has 0 unspecified atom stereocenters. The van der Waals surface area contributed by atoms with Gasteiger partial charge in [-0.15, -0.1) is 0 Å². The molecule has 4 N–H and O–H groups in total. The molecule has 7 nitrogen and oxygen atoms in total.